The van der Waals surface area contributed by atoms with Gasteiger partial charge in [-0.15, -0.1) is 0 Å². The molecular weight excluding hydrogens is 470 g/mol. The van der Waals surface area contributed by atoms with Crippen LogP contribution in [0.5, 0.6) is 0 Å². The number of piperidine rings is 1. The molecule has 1 aromatic carbocycles. The fraction of sp³-hybridized carbons (Fsp3) is 0.583. The monoisotopic (exact) mass is 505 g/mol. The second-order valence-corrected chi connectivity index (χ2v) is 8.41. The highest BCUT2D eigenvalue weighted by Crippen LogP contribution is 2.32. The molecule has 2 aliphatic heterocycles. The summed E-state index contributed by atoms with van der Waals surface area (Å²) in [5.41, 5.74) is 7.01. The maximum Gasteiger partial charge on any atom is 0.255 e. The van der Waals surface area contributed by atoms with E-state index in [0.29, 0.717) is 82.5 Å². The van der Waals surface area contributed by atoms with E-state index in [1.54, 1.807) is 18.2 Å². The molecule has 0 spiro atoms. The molecule has 0 saturated carbocycles. The highest BCUT2D eigenvalue weighted by atomic mass is 16.5. The van der Waals surface area contributed by atoms with E-state index in [4.69, 9.17) is 19.9 Å². The lowest BCUT2D eigenvalue weighted by molar-refractivity contribution is -0.137. The van der Waals surface area contributed by atoms with Crippen LogP contribution in [0.3, 0.4) is 0 Å². The maximum absolute atomic E-state index is 12.9. The number of anilines is 1. The van der Waals surface area contributed by atoms with Gasteiger partial charge >= 0.3 is 0 Å². The maximum atomic E-state index is 12.9. The molecule has 12 nitrogen and oxygen atoms in total. The first kappa shape index (κ1) is 27.7. The van der Waals surface area contributed by atoms with E-state index in [9.17, 15) is 19.2 Å². The Labute approximate surface area is 210 Å². The first-order valence-electron chi connectivity index (χ1n) is 12.2. The molecule has 1 unspecified atom stereocenters. The van der Waals surface area contributed by atoms with Gasteiger partial charge in [0.05, 0.1) is 39.6 Å². The topological polar surface area (TPSA) is 161 Å². The van der Waals surface area contributed by atoms with Gasteiger partial charge in [0.15, 0.2) is 0 Å². The molecule has 1 fully saturated rings. The first-order valence-corrected chi connectivity index (χ1v) is 12.2. The van der Waals surface area contributed by atoms with E-state index in [-0.39, 0.29) is 37.1 Å². The Balaban J connectivity index is 1.32. The normalized spacial score (nSPS) is 17.3. The van der Waals surface area contributed by atoms with Crippen molar-refractivity contribution in [2.45, 2.75) is 31.8 Å². The van der Waals surface area contributed by atoms with Crippen LogP contribution in [0.25, 0.3) is 0 Å². The van der Waals surface area contributed by atoms with Crippen molar-refractivity contribution in [1.29, 1.82) is 0 Å². The average Bonchev–Trinajstić information content (AvgIpc) is 3.19. The van der Waals surface area contributed by atoms with Crippen LogP contribution in [0, 0.1) is 0 Å². The van der Waals surface area contributed by atoms with E-state index in [1.807, 2.05) is 0 Å². The van der Waals surface area contributed by atoms with E-state index < -0.39 is 11.9 Å². The number of fused-ring (bicyclic) bond motifs is 1. The number of amides is 4. The zero-order valence-corrected chi connectivity index (χ0v) is 20.4. The third kappa shape index (κ3) is 8.07. The number of imide groups is 1. The van der Waals surface area contributed by atoms with Crippen molar-refractivity contribution in [3.05, 3.63) is 29.3 Å². The lowest BCUT2D eigenvalue weighted by Crippen LogP contribution is -2.52. The molecule has 2 heterocycles. The Morgan fingerprint density at radius 3 is 2.47 bits per heavy atom. The minimum atomic E-state index is -0.695. The molecule has 1 aromatic rings. The summed E-state index contributed by atoms with van der Waals surface area (Å²) >= 11 is 0. The Hall–Kier alpha value is -2.90. The van der Waals surface area contributed by atoms with Crippen molar-refractivity contribution >= 4 is 29.3 Å². The van der Waals surface area contributed by atoms with Gasteiger partial charge < -0.3 is 35.5 Å². The SMILES string of the molecule is NCCOCCOCCOCCNCCC(=O)Nc1cccc2c1CN(C1CCC(=O)NC1=O)C2=O. The van der Waals surface area contributed by atoms with Crippen molar-refractivity contribution in [2.24, 2.45) is 5.73 Å². The Kier molecular flexibility index (Phi) is 11.2. The quantitative estimate of drug-likeness (QED) is 0.169. The summed E-state index contributed by atoms with van der Waals surface area (Å²) < 4.78 is 16.0. The molecule has 198 valence electrons. The predicted octanol–water partition coefficient (Wildman–Crippen LogP) is -0.626. The number of nitrogens with two attached hydrogens (primary N) is 1. The van der Waals surface area contributed by atoms with Gasteiger partial charge in [0.2, 0.25) is 17.7 Å². The largest absolute Gasteiger partial charge is 0.378 e. The number of carbonyl (C=O) groups excluding carboxylic acids is 4. The molecule has 5 N–H and O–H groups in total. The van der Waals surface area contributed by atoms with Crippen LogP contribution in [-0.4, -0.2) is 93.8 Å². The lowest BCUT2D eigenvalue weighted by atomic mass is 10.0. The second kappa shape index (κ2) is 14.6. The number of hydrogen-bond acceptors (Lipinski definition) is 9. The molecule has 12 heteroatoms. The molecule has 0 aliphatic carbocycles. The van der Waals surface area contributed by atoms with Crippen LogP contribution >= 0.6 is 0 Å². The summed E-state index contributed by atoms with van der Waals surface area (Å²) in [6, 6.07) is 4.43. The summed E-state index contributed by atoms with van der Waals surface area (Å²) in [5.74, 6) is -1.26. The fourth-order valence-electron chi connectivity index (χ4n) is 4.01. The summed E-state index contributed by atoms with van der Waals surface area (Å²) in [6.07, 6.45) is 0.732. The number of hydrogen-bond donors (Lipinski definition) is 4. The van der Waals surface area contributed by atoms with E-state index in [1.165, 1.54) is 4.90 Å². The van der Waals surface area contributed by atoms with Crippen LogP contribution in [0.4, 0.5) is 5.69 Å². The Bertz CT molecular complexity index is 926. The number of rotatable bonds is 16. The van der Waals surface area contributed by atoms with Crippen molar-refractivity contribution in [3.8, 4) is 0 Å². The minimum Gasteiger partial charge on any atom is -0.378 e. The van der Waals surface area contributed by atoms with Crippen molar-refractivity contribution in [3.63, 3.8) is 0 Å². The standard InChI is InChI=1S/C24H35N5O7/c25-7-10-34-12-14-36-15-13-35-11-9-26-8-6-22(31)27-19-3-1-2-17-18(19)16-29(24(17)33)20-4-5-21(30)28-23(20)32/h1-3,20,26H,4-16,25H2,(H,27,31)(H,28,30,32). The van der Waals surface area contributed by atoms with Crippen LogP contribution in [0.1, 0.15) is 35.2 Å². The predicted molar refractivity (Wildman–Crippen MR) is 130 cm³/mol. The summed E-state index contributed by atoms with van der Waals surface area (Å²) in [6.45, 7) is 4.79. The zero-order valence-electron chi connectivity index (χ0n) is 20.4. The molecule has 0 radical (unpaired) electrons. The van der Waals surface area contributed by atoms with Crippen LogP contribution in [0.2, 0.25) is 0 Å². The van der Waals surface area contributed by atoms with Gasteiger partial charge in [0.25, 0.3) is 5.91 Å². The zero-order chi connectivity index (χ0) is 25.8. The van der Waals surface area contributed by atoms with Gasteiger partial charge in [-0.3, -0.25) is 24.5 Å². The third-order valence-corrected chi connectivity index (χ3v) is 5.81. The molecule has 1 atom stereocenters. The minimum absolute atomic E-state index is 0.186. The molecule has 4 amide bonds. The molecule has 3 rings (SSSR count). The van der Waals surface area contributed by atoms with E-state index >= 15 is 0 Å². The van der Waals surface area contributed by atoms with Crippen LogP contribution in [0.15, 0.2) is 18.2 Å². The number of benzene rings is 1. The van der Waals surface area contributed by atoms with Gasteiger partial charge in [-0.2, -0.15) is 0 Å². The smallest absolute Gasteiger partial charge is 0.255 e. The van der Waals surface area contributed by atoms with Gasteiger partial charge in [-0.05, 0) is 18.6 Å². The van der Waals surface area contributed by atoms with Gasteiger partial charge in [0.1, 0.15) is 6.04 Å². The molecule has 0 aromatic heterocycles. The molecule has 2 aliphatic rings. The molecule has 0 bridgehead atoms. The number of carbonyl (C=O) groups is 4. The van der Waals surface area contributed by atoms with Crippen LogP contribution in [-0.2, 0) is 35.1 Å². The van der Waals surface area contributed by atoms with Crippen LogP contribution < -0.4 is 21.7 Å². The van der Waals surface area contributed by atoms with Crippen molar-refractivity contribution in [2.75, 3.05) is 64.6 Å². The third-order valence-electron chi connectivity index (χ3n) is 5.81. The Morgan fingerprint density at radius 1 is 1.03 bits per heavy atom. The lowest BCUT2D eigenvalue weighted by Gasteiger charge is -2.29. The molecular formula is C24H35N5O7. The van der Waals surface area contributed by atoms with Crippen molar-refractivity contribution < 1.29 is 33.4 Å². The first-order chi connectivity index (χ1) is 17.5. The average molecular weight is 506 g/mol. The van der Waals surface area contributed by atoms with E-state index in [2.05, 4.69) is 16.0 Å². The molecule has 1 saturated heterocycles. The van der Waals surface area contributed by atoms with Crippen molar-refractivity contribution in [1.82, 2.24) is 15.5 Å². The highest BCUT2D eigenvalue weighted by molar-refractivity contribution is 6.06. The van der Waals surface area contributed by atoms with E-state index in [0.717, 1.165) is 0 Å². The summed E-state index contributed by atoms with van der Waals surface area (Å²) in [5, 5.41) is 8.31. The second-order valence-electron chi connectivity index (χ2n) is 8.41. The summed E-state index contributed by atoms with van der Waals surface area (Å²) in [7, 11) is 0. The fourth-order valence-corrected chi connectivity index (χ4v) is 4.01. The Morgan fingerprint density at radius 2 is 1.75 bits per heavy atom. The van der Waals surface area contributed by atoms with Gasteiger partial charge in [-0.25, -0.2) is 0 Å². The summed E-state index contributed by atoms with van der Waals surface area (Å²) in [4.78, 5) is 50.5. The number of nitrogens with one attached hydrogen (secondary N) is 3. The van der Waals surface area contributed by atoms with Gasteiger partial charge in [-0.1, -0.05) is 6.07 Å². The number of nitrogens with zero attached hydrogens (tertiary/aromatic N) is 1. The highest BCUT2D eigenvalue weighted by Gasteiger charge is 2.39. The molecule has 36 heavy (non-hydrogen) atoms. The van der Waals surface area contributed by atoms with Gasteiger partial charge in [0, 0.05) is 55.8 Å². The number of ether oxygens (including phenoxy) is 3.